The molecule has 0 aliphatic carbocycles. The summed E-state index contributed by atoms with van der Waals surface area (Å²) < 4.78 is 0. The quantitative estimate of drug-likeness (QED) is 0.774. The van der Waals surface area contributed by atoms with E-state index < -0.39 is 0 Å². The maximum atomic E-state index is 11.5. The zero-order valence-corrected chi connectivity index (χ0v) is 12.3. The first kappa shape index (κ1) is 13.3. The van der Waals surface area contributed by atoms with E-state index in [4.69, 9.17) is 5.73 Å². The highest BCUT2D eigenvalue weighted by Gasteiger charge is 2.26. The Morgan fingerprint density at radius 1 is 1.25 bits per heavy atom. The summed E-state index contributed by atoms with van der Waals surface area (Å²) in [5.74, 6) is 0.0635. The molecule has 1 saturated heterocycles. The molecule has 2 heterocycles. The molecular weight excluding hydrogens is 250 g/mol. The number of hydrogen-bond donors (Lipinski definition) is 2. The molecule has 3 N–H and O–H groups in total. The fraction of sp³-hybridized carbons (Fsp3) is 0.562. The molecule has 1 amide bonds. The molecule has 0 unspecified atom stereocenters. The number of hydrogen-bond acceptors (Lipinski definition) is 3. The van der Waals surface area contributed by atoms with E-state index in [9.17, 15) is 4.79 Å². The van der Waals surface area contributed by atoms with E-state index in [1.165, 1.54) is 19.3 Å². The molecule has 0 spiro atoms. The molecule has 2 aliphatic rings. The third-order valence-corrected chi connectivity index (χ3v) is 4.56. The Balaban J connectivity index is 1.87. The van der Waals surface area contributed by atoms with Gasteiger partial charge in [0.2, 0.25) is 5.91 Å². The minimum absolute atomic E-state index is 0.0635. The maximum absolute atomic E-state index is 11.5. The van der Waals surface area contributed by atoms with Crippen LogP contribution in [0.1, 0.15) is 38.7 Å². The highest BCUT2D eigenvalue weighted by molar-refractivity contribution is 6.00. The van der Waals surface area contributed by atoms with Crippen LogP contribution in [0.4, 0.5) is 17.1 Å². The molecule has 0 atom stereocenters. The van der Waals surface area contributed by atoms with E-state index in [-0.39, 0.29) is 5.91 Å². The SMILES string of the molecule is CC1(C)CCCN(c2cc3c(cc2N)CC(=O)N3)CC1. The van der Waals surface area contributed by atoms with Crippen molar-refractivity contribution >= 4 is 23.0 Å². The summed E-state index contributed by atoms with van der Waals surface area (Å²) >= 11 is 0. The number of carbonyl (C=O) groups excluding carboxylic acids is 1. The molecule has 20 heavy (non-hydrogen) atoms. The molecule has 4 nitrogen and oxygen atoms in total. The highest BCUT2D eigenvalue weighted by atomic mass is 16.1. The second kappa shape index (κ2) is 4.69. The summed E-state index contributed by atoms with van der Waals surface area (Å²) in [7, 11) is 0. The summed E-state index contributed by atoms with van der Waals surface area (Å²) in [6.07, 6.45) is 4.07. The molecule has 0 aromatic heterocycles. The predicted molar refractivity (Wildman–Crippen MR) is 83.0 cm³/mol. The van der Waals surface area contributed by atoms with E-state index in [2.05, 4.69) is 24.1 Å². The number of nitrogens with two attached hydrogens (primary N) is 1. The summed E-state index contributed by atoms with van der Waals surface area (Å²) in [5, 5.41) is 2.91. The number of fused-ring (bicyclic) bond motifs is 1. The summed E-state index contributed by atoms with van der Waals surface area (Å²) in [5.41, 5.74) is 10.4. The van der Waals surface area contributed by atoms with Crippen molar-refractivity contribution in [2.75, 3.05) is 29.0 Å². The Hall–Kier alpha value is -1.71. The number of nitrogens with one attached hydrogen (secondary N) is 1. The normalized spacial score (nSPS) is 21.3. The molecule has 2 aliphatic heterocycles. The third-order valence-electron chi connectivity index (χ3n) is 4.56. The largest absolute Gasteiger partial charge is 0.397 e. The summed E-state index contributed by atoms with van der Waals surface area (Å²) in [6.45, 7) is 6.75. The van der Waals surface area contributed by atoms with Crippen molar-refractivity contribution in [3.8, 4) is 0 Å². The topological polar surface area (TPSA) is 58.4 Å². The first-order valence-electron chi connectivity index (χ1n) is 7.42. The van der Waals surface area contributed by atoms with E-state index in [0.29, 0.717) is 11.8 Å². The Morgan fingerprint density at radius 2 is 2.05 bits per heavy atom. The lowest BCUT2D eigenvalue weighted by molar-refractivity contribution is -0.115. The van der Waals surface area contributed by atoms with Crippen LogP contribution in [0.2, 0.25) is 0 Å². The van der Waals surface area contributed by atoms with Crippen molar-refractivity contribution in [3.63, 3.8) is 0 Å². The molecule has 0 radical (unpaired) electrons. The lowest BCUT2D eigenvalue weighted by Gasteiger charge is -2.26. The second-order valence-corrected chi connectivity index (χ2v) is 6.80. The van der Waals surface area contributed by atoms with Gasteiger partial charge in [-0.15, -0.1) is 0 Å². The van der Waals surface area contributed by atoms with Crippen molar-refractivity contribution in [2.24, 2.45) is 5.41 Å². The van der Waals surface area contributed by atoms with Gasteiger partial charge in [-0.2, -0.15) is 0 Å². The summed E-state index contributed by atoms with van der Waals surface area (Å²) in [4.78, 5) is 13.8. The average molecular weight is 273 g/mol. The van der Waals surface area contributed by atoms with Crippen molar-refractivity contribution in [1.29, 1.82) is 0 Å². The molecular formula is C16H23N3O. The fourth-order valence-electron chi connectivity index (χ4n) is 3.22. The van der Waals surface area contributed by atoms with Gasteiger partial charge >= 0.3 is 0 Å². The van der Waals surface area contributed by atoms with Crippen LogP contribution in [0.5, 0.6) is 0 Å². The van der Waals surface area contributed by atoms with Crippen LogP contribution in [0, 0.1) is 5.41 Å². The van der Waals surface area contributed by atoms with E-state index in [0.717, 1.165) is 35.7 Å². The van der Waals surface area contributed by atoms with Crippen molar-refractivity contribution in [1.82, 2.24) is 0 Å². The van der Waals surface area contributed by atoms with Gasteiger partial charge < -0.3 is 16.0 Å². The van der Waals surface area contributed by atoms with Crippen LogP contribution in [0.3, 0.4) is 0 Å². The number of nitrogen functional groups attached to an aromatic ring is 1. The van der Waals surface area contributed by atoms with Gasteiger partial charge in [0, 0.05) is 18.8 Å². The van der Waals surface area contributed by atoms with E-state index in [1.54, 1.807) is 0 Å². The molecule has 3 rings (SSSR count). The third kappa shape index (κ3) is 2.47. The van der Waals surface area contributed by atoms with Gasteiger partial charge in [0.15, 0.2) is 0 Å². The smallest absolute Gasteiger partial charge is 0.228 e. The van der Waals surface area contributed by atoms with Crippen molar-refractivity contribution in [2.45, 2.75) is 39.5 Å². The molecule has 1 aromatic rings. The number of amides is 1. The first-order valence-corrected chi connectivity index (χ1v) is 7.42. The molecule has 0 bridgehead atoms. The lowest BCUT2D eigenvalue weighted by Crippen LogP contribution is -2.26. The number of carbonyl (C=O) groups is 1. The minimum Gasteiger partial charge on any atom is -0.397 e. The van der Waals surface area contributed by atoms with Crippen LogP contribution in [-0.2, 0) is 11.2 Å². The van der Waals surface area contributed by atoms with E-state index >= 15 is 0 Å². The van der Waals surface area contributed by atoms with Gasteiger partial charge in [-0.1, -0.05) is 13.8 Å². The Morgan fingerprint density at radius 3 is 2.85 bits per heavy atom. The number of benzene rings is 1. The van der Waals surface area contributed by atoms with Crippen LogP contribution in [0.25, 0.3) is 0 Å². The van der Waals surface area contributed by atoms with Crippen LogP contribution < -0.4 is 16.0 Å². The Labute approximate surface area is 120 Å². The number of rotatable bonds is 1. The second-order valence-electron chi connectivity index (χ2n) is 6.80. The van der Waals surface area contributed by atoms with Crippen LogP contribution in [0.15, 0.2) is 12.1 Å². The average Bonchev–Trinajstić information content (AvgIpc) is 2.61. The zero-order chi connectivity index (χ0) is 14.3. The maximum Gasteiger partial charge on any atom is 0.228 e. The van der Waals surface area contributed by atoms with Gasteiger partial charge in [0.25, 0.3) is 0 Å². The van der Waals surface area contributed by atoms with Crippen LogP contribution >= 0.6 is 0 Å². The fourth-order valence-corrected chi connectivity index (χ4v) is 3.22. The van der Waals surface area contributed by atoms with Crippen LogP contribution in [-0.4, -0.2) is 19.0 Å². The predicted octanol–water partition coefficient (Wildman–Crippen LogP) is 2.78. The zero-order valence-electron chi connectivity index (χ0n) is 12.3. The number of nitrogens with zero attached hydrogens (tertiary/aromatic N) is 1. The number of anilines is 3. The minimum atomic E-state index is 0.0635. The molecule has 0 saturated carbocycles. The first-order chi connectivity index (χ1) is 9.44. The van der Waals surface area contributed by atoms with Gasteiger partial charge in [-0.3, -0.25) is 4.79 Å². The molecule has 1 aromatic carbocycles. The van der Waals surface area contributed by atoms with Crippen molar-refractivity contribution < 1.29 is 4.79 Å². The summed E-state index contributed by atoms with van der Waals surface area (Å²) in [6, 6.07) is 4.01. The lowest BCUT2D eigenvalue weighted by atomic mass is 9.85. The molecule has 108 valence electrons. The van der Waals surface area contributed by atoms with Crippen molar-refractivity contribution in [3.05, 3.63) is 17.7 Å². The van der Waals surface area contributed by atoms with Gasteiger partial charge in [0.1, 0.15) is 0 Å². The Kier molecular flexibility index (Phi) is 3.11. The van der Waals surface area contributed by atoms with E-state index in [1.807, 2.05) is 12.1 Å². The highest BCUT2D eigenvalue weighted by Crippen LogP contribution is 2.37. The Bertz CT molecular complexity index is 551. The molecule has 4 heteroatoms. The van der Waals surface area contributed by atoms with Gasteiger partial charge in [-0.25, -0.2) is 0 Å². The van der Waals surface area contributed by atoms with Gasteiger partial charge in [-0.05, 0) is 42.4 Å². The van der Waals surface area contributed by atoms with Gasteiger partial charge in [0.05, 0.1) is 17.8 Å². The monoisotopic (exact) mass is 273 g/mol. The standard InChI is InChI=1S/C16H23N3O/c1-16(2)4-3-6-19(7-5-16)14-10-13-11(8-12(14)17)9-15(20)18-13/h8,10H,3-7,9,17H2,1-2H3,(H,18,20). The molecule has 1 fully saturated rings.